The smallest absolute Gasteiger partial charge is 0.311 e. The average molecular weight is 305 g/mol. The van der Waals surface area contributed by atoms with Gasteiger partial charge in [0.25, 0.3) is 0 Å². The van der Waals surface area contributed by atoms with Crippen LogP contribution < -0.4 is 0 Å². The molecule has 7 nitrogen and oxygen atoms in total. The van der Waals surface area contributed by atoms with Crippen LogP contribution >= 0.6 is 0 Å². The van der Waals surface area contributed by atoms with Gasteiger partial charge in [-0.3, -0.25) is 14.3 Å². The lowest BCUT2D eigenvalue weighted by atomic mass is 9.74. The number of aliphatic carboxylic acids is 1. The Labute approximate surface area is 128 Å². The molecule has 2 aliphatic heterocycles. The van der Waals surface area contributed by atoms with E-state index in [9.17, 15) is 14.7 Å². The minimum Gasteiger partial charge on any atom is -0.481 e. The van der Waals surface area contributed by atoms with Gasteiger partial charge in [0.1, 0.15) is 0 Å². The van der Waals surface area contributed by atoms with E-state index in [1.165, 1.54) is 6.08 Å². The predicted molar refractivity (Wildman–Crippen MR) is 77.8 cm³/mol. The van der Waals surface area contributed by atoms with E-state index in [1.807, 2.05) is 0 Å². The van der Waals surface area contributed by atoms with Gasteiger partial charge in [0.2, 0.25) is 5.91 Å². The molecule has 0 aliphatic carbocycles. The van der Waals surface area contributed by atoms with Gasteiger partial charge in [-0.1, -0.05) is 0 Å². The molecule has 118 valence electrons. The van der Waals surface area contributed by atoms with E-state index in [2.05, 4.69) is 5.10 Å². The Morgan fingerprint density at radius 3 is 3.00 bits per heavy atom. The van der Waals surface area contributed by atoms with Crippen LogP contribution in [-0.2, 0) is 21.4 Å². The molecule has 7 heteroatoms. The Morgan fingerprint density at radius 1 is 1.55 bits per heavy atom. The number of rotatable bonds is 3. The second-order valence-corrected chi connectivity index (χ2v) is 5.91. The van der Waals surface area contributed by atoms with Crippen molar-refractivity contribution in [3.63, 3.8) is 0 Å². The van der Waals surface area contributed by atoms with E-state index in [1.54, 1.807) is 35.0 Å². The molecule has 1 aromatic heterocycles. The number of hydrogen-bond acceptors (Lipinski definition) is 4. The zero-order chi connectivity index (χ0) is 15.7. The first-order valence-corrected chi connectivity index (χ1v) is 7.29. The molecule has 22 heavy (non-hydrogen) atoms. The van der Waals surface area contributed by atoms with Crippen LogP contribution in [-0.4, -0.2) is 58.0 Å². The quantitative estimate of drug-likeness (QED) is 0.816. The average Bonchev–Trinajstić information content (AvgIpc) is 3.09. The summed E-state index contributed by atoms with van der Waals surface area (Å²) in [6.07, 6.45) is 5.29. The molecular weight excluding hydrogens is 286 g/mol. The summed E-state index contributed by atoms with van der Waals surface area (Å²) in [4.78, 5) is 25.6. The third-order valence-corrected chi connectivity index (χ3v) is 4.70. The lowest BCUT2D eigenvalue weighted by Gasteiger charge is -2.33. The van der Waals surface area contributed by atoms with Crippen molar-refractivity contribution in [2.75, 3.05) is 26.3 Å². The minimum atomic E-state index is -0.853. The fourth-order valence-corrected chi connectivity index (χ4v) is 3.28. The van der Waals surface area contributed by atoms with Crippen LogP contribution in [0.3, 0.4) is 0 Å². The van der Waals surface area contributed by atoms with Gasteiger partial charge in [-0.15, -0.1) is 0 Å². The molecule has 0 aromatic carbocycles. The van der Waals surface area contributed by atoms with Crippen LogP contribution in [0.25, 0.3) is 6.08 Å². The highest BCUT2D eigenvalue weighted by Crippen LogP contribution is 2.42. The van der Waals surface area contributed by atoms with Crippen molar-refractivity contribution in [1.29, 1.82) is 0 Å². The Kier molecular flexibility index (Phi) is 3.74. The van der Waals surface area contributed by atoms with Crippen molar-refractivity contribution in [2.45, 2.75) is 6.42 Å². The first kappa shape index (κ1) is 14.8. The Balaban J connectivity index is 1.73. The summed E-state index contributed by atoms with van der Waals surface area (Å²) < 4.78 is 7.06. The van der Waals surface area contributed by atoms with E-state index in [0.29, 0.717) is 26.2 Å². The van der Waals surface area contributed by atoms with E-state index in [0.717, 1.165) is 5.69 Å². The van der Waals surface area contributed by atoms with Crippen molar-refractivity contribution in [1.82, 2.24) is 14.7 Å². The summed E-state index contributed by atoms with van der Waals surface area (Å²) in [7, 11) is 1.80. The Hall–Kier alpha value is -2.15. The number of aryl methyl sites for hydroxylation is 1. The standard InChI is InChI=1S/C15H19N3O4/c1-17-12(4-6-16-17)2-3-13(19)18-8-11-9-22-7-5-15(11,10-18)14(20)21/h2-4,6,11H,5,7-10H2,1H3,(H,20,21)/t11-,15+/m0/s1. The van der Waals surface area contributed by atoms with Gasteiger partial charge in [0.15, 0.2) is 0 Å². The molecule has 1 N–H and O–H groups in total. The number of ether oxygens (including phenoxy) is 1. The molecule has 0 bridgehead atoms. The second-order valence-electron chi connectivity index (χ2n) is 5.91. The summed E-state index contributed by atoms with van der Waals surface area (Å²) in [6, 6.07) is 1.81. The van der Waals surface area contributed by atoms with Crippen LogP contribution in [0.4, 0.5) is 0 Å². The van der Waals surface area contributed by atoms with Crippen LogP contribution in [0.2, 0.25) is 0 Å². The first-order chi connectivity index (χ1) is 10.5. The van der Waals surface area contributed by atoms with Crippen molar-refractivity contribution in [3.05, 3.63) is 24.0 Å². The first-order valence-electron chi connectivity index (χ1n) is 7.29. The van der Waals surface area contributed by atoms with Gasteiger partial charge in [-0.05, 0) is 18.6 Å². The highest BCUT2D eigenvalue weighted by Gasteiger charge is 2.54. The number of carbonyl (C=O) groups is 2. The molecular formula is C15H19N3O4. The molecule has 2 aliphatic rings. The maximum absolute atomic E-state index is 12.3. The normalized spacial score (nSPS) is 28.0. The number of likely N-dealkylation sites (tertiary alicyclic amines) is 1. The maximum atomic E-state index is 12.3. The molecule has 0 saturated carbocycles. The molecule has 0 radical (unpaired) electrons. The summed E-state index contributed by atoms with van der Waals surface area (Å²) in [5, 5.41) is 13.6. The highest BCUT2D eigenvalue weighted by molar-refractivity contribution is 5.92. The fourth-order valence-electron chi connectivity index (χ4n) is 3.28. The van der Waals surface area contributed by atoms with Crippen LogP contribution in [0.1, 0.15) is 12.1 Å². The predicted octanol–water partition coefficient (Wildman–Crippen LogP) is 0.383. The number of amides is 1. The molecule has 3 heterocycles. The van der Waals surface area contributed by atoms with Gasteiger partial charge in [-0.2, -0.15) is 5.10 Å². The molecule has 3 rings (SSSR count). The van der Waals surface area contributed by atoms with Crippen molar-refractivity contribution in [2.24, 2.45) is 18.4 Å². The zero-order valence-electron chi connectivity index (χ0n) is 12.4. The summed E-state index contributed by atoms with van der Waals surface area (Å²) in [6.45, 7) is 1.53. The number of fused-ring (bicyclic) bond motifs is 1. The number of hydrogen-bond donors (Lipinski definition) is 1. The van der Waals surface area contributed by atoms with Crippen LogP contribution in [0.15, 0.2) is 18.3 Å². The zero-order valence-corrected chi connectivity index (χ0v) is 12.4. The Morgan fingerprint density at radius 2 is 2.36 bits per heavy atom. The van der Waals surface area contributed by atoms with Crippen LogP contribution in [0.5, 0.6) is 0 Å². The molecule has 2 saturated heterocycles. The van der Waals surface area contributed by atoms with Crippen molar-refractivity contribution < 1.29 is 19.4 Å². The molecule has 2 fully saturated rings. The molecule has 1 aromatic rings. The van der Waals surface area contributed by atoms with Crippen LogP contribution in [0, 0.1) is 11.3 Å². The van der Waals surface area contributed by atoms with E-state index >= 15 is 0 Å². The molecule has 2 atom stereocenters. The minimum absolute atomic E-state index is 0.132. The third-order valence-electron chi connectivity index (χ3n) is 4.70. The topological polar surface area (TPSA) is 84.7 Å². The Bertz CT molecular complexity index is 624. The van der Waals surface area contributed by atoms with Gasteiger partial charge in [0, 0.05) is 44.9 Å². The summed E-state index contributed by atoms with van der Waals surface area (Å²) >= 11 is 0. The number of nitrogens with zero attached hydrogens (tertiary/aromatic N) is 3. The van der Waals surface area contributed by atoms with Gasteiger partial charge in [0.05, 0.1) is 17.7 Å². The fraction of sp³-hybridized carbons (Fsp3) is 0.533. The number of carboxylic acid groups (broad SMARTS) is 1. The van der Waals surface area contributed by atoms with Gasteiger partial charge < -0.3 is 14.7 Å². The molecule has 1 amide bonds. The van der Waals surface area contributed by atoms with Gasteiger partial charge in [-0.25, -0.2) is 0 Å². The van der Waals surface area contributed by atoms with E-state index in [4.69, 9.17) is 4.74 Å². The maximum Gasteiger partial charge on any atom is 0.311 e. The third kappa shape index (κ3) is 2.41. The number of carboxylic acids is 1. The number of carbonyl (C=O) groups excluding carboxylic acids is 1. The summed E-state index contributed by atoms with van der Waals surface area (Å²) in [5.41, 5.74) is -0.0323. The molecule has 0 unspecified atom stereocenters. The second kappa shape index (κ2) is 5.57. The van der Waals surface area contributed by atoms with Gasteiger partial charge >= 0.3 is 5.97 Å². The lowest BCUT2D eigenvalue weighted by Crippen LogP contribution is -2.45. The van der Waals surface area contributed by atoms with Crippen molar-refractivity contribution >= 4 is 18.0 Å². The number of aromatic nitrogens is 2. The summed E-state index contributed by atoms with van der Waals surface area (Å²) in [5.74, 6) is -1.13. The molecule has 0 spiro atoms. The SMILES string of the molecule is Cn1nccc1C=CC(=O)N1C[C@H]2COCC[C@@]2(C(=O)O)C1. The highest BCUT2D eigenvalue weighted by atomic mass is 16.5. The van der Waals surface area contributed by atoms with E-state index in [-0.39, 0.29) is 18.4 Å². The largest absolute Gasteiger partial charge is 0.481 e. The van der Waals surface area contributed by atoms with E-state index < -0.39 is 11.4 Å². The lowest BCUT2D eigenvalue weighted by molar-refractivity contribution is -0.157. The monoisotopic (exact) mass is 305 g/mol. The van der Waals surface area contributed by atoms with Crippen molar-refractivity contribution in [3.8, 4) is 0 Å².